The summed E-state index contributed by atoms with van der Waals surface area (Å²) in [7, 11) is 0. The predicted molar refractivity (Wildman–Crippen MR) is 83.0 cm³/mol. The van der Waals surface area contributed by atoms with E-state index < -0.39 is 5.91 Å². The quantitative estimate of drug-likeness (QED) is 0.786. The van der Waals surface area contributed by atoms with Crippen LogP contribution in [-0.4, -0.2) is 16.9 Å². The van der Waals surface area contributed by atoms with Gasteiger partial charge in [-0.1, -0.05) is 0 Å². The summed E-state index contributed by atoms with van der Waals surface area (Å²) >= 11 is 1.77. The molecule has 0 fully saturated rings. The normalized spacial score (nSPS) is 12.1. The topological polar surface area (TPSA) is 94.0 Å². The van der Waals surface area contributed by atoms with Crippen molar-refractivity contribution >= 4 is 28.7 Å². The van der Waals surface area contributed by atoms with E-state index in [9.17, 15) is 4.79 Å². The van der Waals surface area contributed by atoms with E-state index in [4.69, 9.17) is 11.5 Å². The summed E-state index contributed by atoms with van der Waals surface area (Å²) in [6.45, 7) is 4.13. The van der Waals surface area contributed by atoms with Gasteiger partial charge in [0.15, 0.2) is 0 Å². The lowest BCUT2D eigenvalue weighted by Crippen LogP contribution is -2.21. The van der Waals surface area contributed by atoms with Gasteiger partial charge >= 0.3 is 0 Å². The van der Waals surface area contributed by atoms with E-state index in [0.717, 1.165) is 6.42 Å². The Morgan fingerprint density at radius 2 is 2.15 bits per heavy atom. The van der Waals surface area contributed by atoms with Crippen LogP contribution < -0.4 is 16.8 Å². The van der Waals surface area contributed by atoms with Crippen LogP contribution in [0.1, 0.15) is 27.2 Å². The van der Waals surface area contributed by atoms with E-state index in [0.29, 0.717) is 11.5 Å². The second-order valence-corrected chi connectivity index (χ2v) is 6.13. The first kappa shape index (κ1) is 14.3. The van der Waals surface area contributed by atoms with Gasteiger partial charge in [0.1, 0.15) is 11.5 Å². The van der Waals surface area contributed by atoms with E-state index in [1.54, 1.807) is 17.4 Å². The standard InChI is InChI=1S/C14H18N4OS/c1-8(7-10-4-3-9(2)20-10)17-14-11(15)5-6-12(18-14)13(16)19/h3-6,8H,7,15H2,1-2H3,(H2,16,19)(H,17,18). The first-order valence-corrected chi connectivity index (χ1v) is 7.15. The number of thiophene rings is 1. The Balaban J connectivity index is 2.08. The van der Waals surface area contributed by atoms with Crippen molar-refractivity contribution in [2.45, 2.75) is 26.3 Å². The van der Waals surface area contributed by atoms with Gasteiger partial charge < -0.3 is 16.8 Å². The maximum atomic E-state index is 11.1. The fourth-order valence-corrected chi connectivity index (χ4v) is 2.92. The number of carbonyl (C=O) groups is 1. The molecule has 2 aromatic rings. The molecule has 0 aromatic carbocycles. The summed E-state index contributed by atoms with van der Waals surface area (Å²) in [5.41, 5.74) is 11.8. The predicted octanol–water partition coefficient (Wildman–Crippen LogP) is 2.18. The highest BCUT2D eigenvalue weighted by Gasteiger charge is 2.11. The van der Waals surface area contributed by atoms with Gasteiger partial charge in [-0.15, -0.1) is 11.3 Å². The zero-order chi connectivity index (χ0) is 14.7. The number of nitrogens with one attached hydrogen (secondary N) is 1. The van der Waals surface area contributed by atoms with Crippen LogP contribution in [0.5, 0.6) is 0 Å². The Bertz CT molecular complexity index is 623. The molecular formula is C14H18N4OS. The van der Waals surface area contributed by atoms with E-state index in [-0.39, 0.29) is 11.7 Å². The van der Waals surface area contributed by atoms with Gasteiger partial charge in [0.25, 0.3) is 5.91 Å². The minimum Gasteiger partial charge on any atom is -0.396 e. The van der Waals surface area contributed by atoms with Crippen LogP contribution >= 0.6 is 11.3 Å². The molecule has 2 heterocycles. The number of carbonyl (C=O) groups excluding carboxylic acids is 1. The fourth-order valence-electron chi connectivity index (χ4n) is 1.90. The number of nitrogen functional groups attached to an aromatic ring is 1. The summed E-state index contributed by atoms with van der Waals surface area (Å²) < 4.78 is 0. The maximum absolute atomic E-state index is 11.1. The largest absolute Gasteiger partial charge is 0.396 e. The molecule has 1 unspecified atom stereocenters. The number of aromatic nitrogens is 1. The smallest absolute Gasteiger partial charge is 0.267 e. The highest BCUT2D eigenvalue weighted by Crippen LogP contribution is 2.20. The third-order valence-corrected chi connectivity index (χ3v) is 3.89. The molecule has 2 aromatic heterocycles. The third kappa shape index (κ3) is 3.48. The summed E-state index contributed by atoms with van der Waals surface area (Å²) in [4.78, 5) is 17.9. The van der Waals surface area contributed by atoms with Crippen LogP contribution in [0.3, 0.4) is 0 Å². The average molecular weight is 290 g/mol. The lowest BCUT2D eigenvalue weighted by Gasteiger charge is -2.15. The molecule has 5 nitrogen and oxygen atoms in total. The van der Waals surface area contributed by atoms with Crippen LogP contribution in [0.4, 0.5) is 11.5 Å². The number of nitrogens with two attached hydrogens (primary N) is 2. The van der Waals surface area contributed by atoms with E-state index in [1.807, 2.05) is 6.92 Å². The number of nitrogens with zero attached hydrogens (tertiary/aromatic N) is 1. The maximum Gasteiger partial charge on any atom is 0.267 e. The minimum absolute atomic E-state index is 0.158. The van der Waals surface area contributed by atoms with Gasteiger partial charge in [0.2, 0.25) is 0 Å². The van der Waals surface area contributed by atoms with Crippen molar-refractivity contribution in [3.8, 4) is 0 Å². The van der Waals surface area contributed by atoms with Gasteiger partial charge in [0, 0.05) is 22.2 Å². The van der Waals surface area contributed by atoms with Gasteiger partial charge in [-0.3, -0.25) is 4.79 Å². The van der Waals surface area contributed by atoms with Crippen LogP contribution in [0.2, 0.25) is 0 Å². The van der Waals surface area contributed by atoms with Gasteiger partial charge in [0.05, 0.1) is 5.69 Å². The zero-order valence-corrected chi connectivity index (χ0v) is 12.3. The van der Waals surface area contributed by atoms with E-state index in [1.165, 1.54) is 15.8 Å². The molecule has 106 valence electrons. The zero-order valence-electron chi connectivity index (χ0n) is 11.5. The third-order valence-electron chi connectivity index (χ3n) is 2.87. The molecule has 1 atom stereocenters. The van der Waals surface area contributed by atoms with Crippen LogP contribution in [0, 0.1) is 6.92 Å². The monoisotopic (exact) mass is 290 g/mol. The van der Waals surface area contributed by atoms with E-state index in [2.05, 4.69) is 29.4 Å². The number of anilines is 2. The van der Waals surface area contributed by atoms with Gasteiger partial charge in [-0.2, -0.15) is 0 Å². The molecule has 0 spiro atoms. The Labute approximate surface area is 122 Å². The molecule has 0 bridgehead atoms. The second kappa shape index (κ2) is 5.92. The van der Waals surface area contributed by atoms with Crippen molar-refractivity contribution in [1.82, 2.24) is 4.98 Å². The number of hydrogen-bond acceptors (Lipinski definition) is 5. The summed E-state index contributed by atoms with van der Waals surface area (Å²) in [5.74, 6) is -0.0586. The Morgan fingerprint density at radius 3 is 2.75 bits per heavy atom. The fraction of sp³-hybridized carbons (Fsp3) is 0.286. The van der Waals surface area contributed by atoms with Crippen molar-refractivity contribution in [2.75, 3.05) is 11.1 Å². The molecule has 2 rings (SSSR count). The molecule has 1 amide bonds. The highest BCUT2D eigenvalue weighted by atomic mass is 32.1. The molecule has 0 radical (unpaired) electrons. The molecule has 0 saturated carbocycles. The summed E-state index contributed by atoms with van der Waals surface area (Å²) in [6.07, 6.45) is 0.875. The SMILES string of the molecule is Cc1ccc(CC(C)Nc2nc(C(N)=O)ccc2N)s1. The van der Waals surface area contributed by atoms with Crippen molar-refractivity contribution in [1.29, 1.82) is 0 Å². The number of rotatable bonds is 5. The number of amides is 1. The molecule has 0 aliphatic carbocycles. The van der Waals surface area contributed by atoms with Crippen LogP contribution in [-0.2, 0) is 6.42 Å². The molecule has 0 aliphatic rings. The van der Waals surface area contributed by atoms with Crippen molar-refractivity contribution in [3.05, 3.63) is 39.7 Å². The first-order chi connectivity index (χ1) is 9.45. The lowest BCUT2D eigenvalue weighted by molar-refractivity contribution is 0.0995. The Morgan fingerprint density at radius 1 is 1.40 bits per heavy atom. The Kier molecular flexibility index (Phi) is 4.24. The Hall–Kier alpha value is -2.08. The molecule has 0 aliphatic heterocycles. The molecule has 20 heavy (non-hydrogen) atoms. The van der Waals surface area contributed by atoms with Gasteiger partial charge in [-0.05, 0) is 38.1 Å². The van der Waals surface area contributed by atoms with Crippen LogP contribution in [0.25, 0.3) is 0 Å². The van der Waals surface area contributed by atoms with Crippen LogP contribution in [0.15, 0.2) is 24.3 Å². The van der Waals surface area contributed by atoms with Crippen molar-refractivity contribution in [3.63, 3.8) is 0 Å². The number of aryl methyl sites for hydroxylation is 1. The molecule has 0 saturated heterocycles. The molecule has 6 heteroatoms. The van der Waals surface area contributed by atoms with Gasteiger partial charge in [-0.25, -0.2) is 4.98 Å². The van der Waals surface area contributed by atoms with Crippen molar-refractivity contribution in [2.24, 2.45) is 5.73 Å². The average Bonchev–Trinajstić information content (AvgIpc) is 2.77. The molecular weight excluding hydrogens is 272 g/mol. The molecule has 5 N–H and O–H groups in total. The summed E-state index contributed by atoms with van der Waals surface area (Å²) in [5, 5.41) is 3.23. The number of primary amides is 1. The highest BCUT2D eigenvalue weighted by molar-refractivity contribution is 7.11. The number of pyridine rings is 1. The first-order valence-electron chi connectivity index (χ1n) is 6.34. The lowest BCUT2D eigenvalue weighted by atomic mass is 10.2. The second-order valence-electron chi connectivity index (χ2n) is 4.76. The number of hydrogen-bond donors (Lipinski definition) is 3. The van der Waals surface area contributed by atoms with E-state index >= 15 is 0 Å². The minimum atomic E-state index is -0.561. The summed E-state index contributed by atoms with van der Waals surface area (Å²) in [6, 6.07) is 7.54. The van der Waals surface area contributed by atoms with Crippen molar-refractivity contribution < 1.29 is 4.79 Å².